The number of furan rings is 1. The van der Waals surface area contributed by atoms with Crippen LogP contribution in [0, 0.1) is 0 Å². The van der Waals surface area contributed by atoms with Gasteiger partial charge in [0.05, 0.1) is 29.5 Å². The SMILES string of the molecule is CCCC1=C(C(=O)OCC)[C@H](c2ccco2)n2c(nc3ccccc32)N1. The summed E-state index contributed by atoms with van der Waals surface area (Å²) in [5.74, 6) is 1.07. The summed E-state index contributed by atoms with van der Waals surface area (Å²) in [5.41, 5.74) is 3.23. The number of nitrogens with one attached hydrogen (secondary N) is 1. The Morgan fingerprint density at radius 2 is 2.12 bits per heavy atom. The highest BCUT2D eigenvalue weighted by Gasteiger charge is 2.37. The molecule has 1 atom stereocenters. The number of para-hydroxylation sites is 2. The van der Waals surface area contributed by atoms with Crippen LogP contribution in [0.4, 0.5) is 5.95 Å². The fourth-order valence-corrected chi connectivity index (χ4v) is 3.50. The van der Waals surface area contributed by atoms with E-state index in [1.54, 1.807) is 6.26 Å². The van der Waals surface area contributed by atoms with Crippen LogP contribution in [0.2, 0.25) is 0 Å². The number of carbonyl (C=O) groups is 1. The number of anilines is 1. The molecule has 3 heterocycles. The maximum atomic E-state index is 12.9. The van der Waals surface area contributed by atoms with Crippen LogP contribution < -0.4 is 5.32 Å². The van der Waals surface area contributed by atoms with E-state index in [0.717, 1.165) is 29.6 Å². The van der Waals surface area contributed by atoms with Crippen molar-refractivity contribution in [2.45, 2.75) is 32.7 Å². The van der Waals surface area contributed by atoms with E-state index in [4.69, 9.17) is 14.1 Å². The maximum Gasteiger partial charge on any atom is 0.338 e. The van der Waals surface area contributed by atoms with E-state index >= 15 is 0 Å². The zero-order valence-electron chi connectivity index (χ0n) is 14.9. The minimum Gasteiger partial charge on any atom is -0.467 e. The highest BCUT2D eigenvalue weighted by atomic mass is 16.5. The number of benzene rings is 1. The lowest BCUT2D eigenvalue weighted by Crippen LogP contribution is -2.29. The molecule has 134 valence electrons. The van der Waals surface area contributed by atoms with Gasteiger partial charge in [-0.15, -0.1) is 0 Å². The number of hydrogen-bond acceptors (Lipinski definition) is 5. The van der Waals surface area contributed by atoms with Gasteiger partial charge in [-0.2, -0.15) is 0 Å². The molecule has 0 saturated carbocycles. The Morgan fingerprint density at radius 3 is 2.85 bits per heavy atom. The van der Waals surface area contributed by atoms with Gasteiger partial charge in [0.15, 0.2) is 0 Å². The van der Waals surface area contributed by atoms with Crippen LogP contribution in [0.25, 0.3) is 11.0 Å². The van der Waals surface area contributed by atoms with Crippen LogP contribution in [0.15, 0.2) is 58.3 Å². The first-order valence-corrected chi connectivity index (χ1v) is 8.92. The van der Waals surface area contributed by atoms with Crippen molar-refractivity contribution in [2.75, 3.05) is 11.9 Å². The molecule has 6 nitrogen and oxygen atoms in total. The average Bonchev–Trinajstić information content (AvgIpc) is 3.28. The average molecular weight is 351 g/mol. The molecule has 1 aliphatic heterocycles. The lowest BCUT2D eigenvalue weighted by molar-refractivity contribution is -0.139. The van der Waals surface area contributed by atoms with Crippen molar-refractivity contribution in [3.63, 3.8) is 0 Å². The van der Waals surface area contributed by atoms with Crippen molar-refractivity contribution < 1.29 is 13.9 Å². The lowest BCUT2D eigenvalue weighted by atomic mass is 9.97. The van der Waals surface area contributed by atoms with E-state index in [-0.39, 0.29) is 5.97 Å². The predicted octanol–water partition coefficient (Wildman–Crippen LogP) is 4.26. The summed E-state index contributed by atoms with van der Waals surface area (Å²) < 4.78 is 13.1. The van der Waals surface area contributed by atoms with Gasteiger partial charge < -0.3 is 14.5 Å². The van der Waals surface area contributed by atoms with Crippen molar-refractivity contribution in [1.29, 1.82) is 0 Å². The van der Waals surface area contributed by atoms with Gasteiger partial charge in [0.25, 0.3) is 0 Å². The second kappa shape index (κ2) is 6.71. The zero-order chi connectivity index (χ0) is 18.1. The number of imidazole rings is 1. The zero-order valence-corrected chi connectivity index (χ0v) is 14.9. The third-order valence-electron chi connectivity index (χ3n) is 4.52. The fourth-order valence-electron chi connectivity index (χ4n) is 3.50. The van der Waals surface area contributed by atoms with Gasteiger partial charge in [-0.25, -0.2) is 9.78 Å². The molecule has 0 unspecified atom stereocenters. The molecule has 4 rings (SSSR count). The summed E-state index contributed by atoms with van der Waals surface area (Å²) in [4.78, 5) is 17.6. The van der Waals surface area contributed by atoms with Gasteiger partial charge in [0.1, 0.15) is 11.8 Å². The molecule has 0 saturated heterocycles. The third kappa shape index (κ3) is 2.58. The molecule has 1 N–H and O–H groups in total. The molecule has 1 aliphatic rings. The largest absolute Gasteiger partial charge is 0.467 e. The van der Waals surface area contributed by atoms with Crippen LogP contribution in [0.1, 0.15) is 38.5 Å². The molecule has 0 fully saturated rings. The van der Waals surface area contributed by atoms with Crippen molar-refractivity contribution in [2.24, 2.45) is 0 Å². The molecule has 3 aromatic rings. The first-order valence-electron chi connectivity index (χ1n) is 8.92. The number of hydrogen-bond donors (Lipinski definition) is 1. The lowest BCUT2D eigenvalue weighted by Gasteiger charge is -2.29. The second-order valence-corrected chi connectivity index (χ2v) is 6.20. The van der Waals surface area contributed by atoms with Crippen molar-refractivity contribution in [1.82, 2.24) is 9.55 Å². The number of aromatic nitrogens is 2. The van der Waals surface area contributed by atoms with E-state index < -0.39 is 6.04 Å². The molecule has 1 aromatic carbocycles. The Bertz CT molecular complexity index is 970. The Balaban J connectivity index is 1.97. The number of fused-ring (bicyclic) bond motifs is 3. The van der Waals surface area contributed by atoms with Gasteiger partial charge >= 0.3 is 5.97 Å². The third-order valence-corrected chi connectivity index (χ3v) is 4.52. The molecule has 2 aromatic heterocycles. The van der Waals surface area contributed by atoms with E-state index in [2.05, 4.69) is 12.2 Å². The molecular formula is C20H21N3O3. The van der Waals surface area contributed by atoms with Crippen LogP contribution in [-0.2, 0) is 9.53 Å². The van der Waals surface area contributed by atoms with E-state index in [1.807, 2.05) is 47.9 Å². The normalized spacial score (nSPS) is 16.5. The standard InChI is InChI=1S/C20H21N3O3/c1-3-8-14-17(19(24)25-4-2)18(16-11-7-12-26-16)23-15-10-6-5-9-13(15)21-20(23)22-14/h5-7,9-12,18H,3-4,8H2,1-2H3,(H,21,22)/t18-/m0/s1. The Labute approximate surface area is 151 Å². The summed E-state index contributed by atoms with van der Waals surface area (Å²) in [6.07, 6.45) is 3.25. The van der Waals surface area contributed by atoms with Gasteiger partial charge in [-0.05, 0) is 37.6 Å². The highest BCUT2D eigenvalue weighted by Crippen LogP contribution is 2.40. The minimum absolute atomic E-state index is 0.324. The molecule has 0 radical (unpaired) electrons. The number of allylic oxidation sites excluding steroid dienone is 1. The highest BCUT2D eigenvalue weighted by molar-refractivity contribution is 5.94. The van der Waals surface area contributed by atoms with Crippen LogP contribution in [-0.4, -0.2) is 22.1 Å². The van der Waals surface area contributed by atoms with Gasteiger partial charge in [0, 0.05) is 5.70 Å². The Hall–Kier alpha value is -3.02. The van der Waals surface area contributed by atoms with Crippen molar-refractivity contribution in [3.8, 4) is 0 Å². The van der Waals surface area contributed by atoms with Gasteiger partial charge in [-0.1, -0.05) is 25.5 Å². The number of esters is 1. The molecule has 26 heavy (non-hydrogen) atoms. The quantitative estimate of drug-likeness (QED) is 0.696. The topological polar surface area (TPSA) is 69.3 Å². The van der Waals surface area contributed by atoms with Crippen LogP contribution in [0.3, 0.4) is 0 Å². The molecular weight excluding hydrogens is 330 g/mol. The molecule has 0 aliphatic carbocycles. The molecule has 0 amide bonds. The van der Waals surface area contributed by atoms with Crippen molar-refractivity contribution >= 4 is 23.0 Å². The van der Waals surface area contributed by atoms with E-state index in [0.29, 0.717) is 23.9 Å². The van der Waals surface area contributed by atoms with Crippen LogP contribution in [0.5, 0.6) is 0 Å². The van der Waals surface area contributed by atoms with E-state index in [1.165, 1.54) is 0 Å². The first-order chi connectivity index (χ1) is 12.7. The summed E-state index contributed by atoms with van der Waals surface area (Å²) in [6.45, 7) is 4.22. The molecule has 0 bridgehead atoms. The Kier molecular flexibility index (Phi) is 4.24. The smallest absolute Gasteiger partial charge is 0.338 e. The summed E-state index contributed by atoms with van der Waals surface area (Å²) in [6, 6.07) is 11.2. The Morgan fingerprint density at radius 1 is 1.27 bits per heavy atom. The molecule has 6 heteroatoms. The number of carbonyl (C=O) groups excluding carboxylic acids is 1. The monoisotopic (exact) mass is 351 g/mol. The summed E-state index contributed by atoms with van der Waals surface area (Å²) >= 11 is 0. The first kappa shape index (κ1) is 16.4. The number of nitrogens with zero attached hydrogens (tertiary/aromatic N) is 2. The second-order valence-electron chi connectivity index (χ2n) is 6.20. The van der Waals surface area contributed by atoms with Gasteiger partial charge in [0.2, 0.25) is 5.95 Å². The fraction of sp³-hybridized carbons (Fsp3) is 0.300. The predicted molar refractivity (Wildman–Crippen MR) is 98.8 cm³/mol. The number of rotatable bonds is 5. The summed E-state index contributed by atoms with van der Waals surface area (Å²) in [5, 5.41) is 3.36. The maximum absolute atomic E-state index is 12.9. The van der Waals surface area contributed by atoms with Crippen molar-refractivity contribution in [3.05, 3.63) is 59.7 Å². The van der Waals surface area contributed by atoms with E-state index in [9.17, 15) is 4.79 Å². The minimum atomic E-state index is -0.408. The number of ether oxygens (including phenoxy) is 1. The summed E-state index contributed by atoms with van der Waals surface area (Å²) in [7, 11) is 0. The van der Waals surface area contributed by atoms with Gasteiger partial charge in [-0.3, -0.25) is 4.57 Å². The molecule has 0 spiro atoms. The van der Waals surface area contributed by atoms with Crippen LogP contribution >= 0.6 is 0 Å².